The summed E-state index contributed by atoms with van der Waals surface area (Å²) in [5.74, 6) is -0.970. The first-order valence-electron chi connectivity index (χ1n) is 5.73. The number of hydrogen-bond acceptors (Lipinski definition) is 5. The number of carboxylic acids is 1. The molecule has 2 aromatic heterocycles. The molecule has 2 rings (SSSR count). The minimum atomic E-state index is -1.10. The van der Waals surface area contributed by atoms with Crippen LogP contribution < -0.4 is 10.1 Å². The van der Waals surface area contributed by atoms with Gasteiger partial charge in [0.1, 0.15) is 11.8 Å². The van der Waals surface area contributed by atoms with Crippen LogP contribution in [0.25, 0.3) is 0 Å². The summed E-state index contributed by atoms with van der Waals surface area (Å²) < 4.78 is 4.98. The molecular formula is C12H13N3O4S. The number of aromatic amines is 1. The number of aromatic nitrogens is 2. The van der Waals surface area contributed by atoms with Gasteiger partial charge in [-0.2, -0.15) is 0 Å². The van der Waals surface area contributed by atoms with Crippen LogP contribution in [0.15, 0.2) is 24.0 Å². The highest BCUT2D eigenvalue weighted by atomic mass is 32.1. The van der Waals surface area contributed by atoms with E-state index >= 15 is 0 Å². The zero-order chi connectivity index (χ0) is 14.5. The van der Waals surface area contributed by atoms with Crippen molar-refractivity contribution in [2.75, 3.05) is 7.11 Å². The summed E-state index contributed by atoms with van der Waals surface area (Å²) in [7, 11) is 1.50. The zero-order valence-corrected chi connectivity index (χ0v) is 11.4. The lowest BCUT2D eigenvalue weighted by Crippen LogP contribution is -2.42. The Morgan fingerprint density at radius 3 is 2.95 bits per heavy atom. The number of methoxy groups -OCH3 is 1. The predicted octanol–water partition coefficient (Wildman–Crippen LogP) is 0.905. The number of amides is 1. The van der Waals surface area contributed by atoms with Crippen LogP contribution in [0.2, 0.25) is 0 Å². The number of thiophene rings is 1. The largest absolute Gasteiger partial charge is 0.496 e. The molecule has 0 aromatic carbocycles. The Kier molecular flexibility index (Phi) is 4.36. The number of hydrogen-bond donors (Lipinski definition) is 3. The highest BCUT2D eigenvalue weighted by Gasteiger charge is 2.22. The molecule has 8 heteroatoms. The first-order valence-corrected chi connectivity index (χ1v) is 6.61. The highest BCUT2D eigenvalue weighted by Crippen LogP contribution is 2.21. The van der Waals surface area contributed by atoms with Crippen molar-refractivity contribution < 1.29 is 19.4 Å². The van der Waals surface area contributed by atoms with E-state index in [2.05, 4.69) is 15.3 Å². The van der Waals surface area contributed by atoms with Crippen molar-refractivity contribution >= 4 is 23.2 Å². The van der Waals surface area contributed by atoms with Gasteiger partial charge in [-0.15, -0.1) is 11.3 Å². The van der Waals surface area contributed by atoms with Crippen LogP contribution in [0.3, 0.4) is 0 Å². The summed E-state index contributed by atoms with van der Waals surface area (Å²) in [6.07, 6.45) is 3.13. The van der Waals surface area contributed by atoms with Crippen molar-refractivity contribution in [2.24, 2.45) is 0 Å². The molecule has 0 saturated heterocycles. The third kappa shape index (κ3) is 3.35. The van der Waals surface area contributed by atoms with Gasteiger partial charge < -0.3 is 20.1 Å². The lowest BCUT2D eigenvalue weighted by molar-refractivity contribution is -0.139. The third-order valence-electron chi connectivity index (χ3n) is 2.62. The topological polar surface area (TPSA) is 104 Å². The predicted molar refractivity (Wildman–Crippen MR) is 72.1 cm³/mol. The van der Waals surface area contributed by atoms with Crippen molar-refractivity contribution in [3.63, 3.8) is 0 Å². The number of ether oxygens (including phenoxy) is 1. The smallest absolute Gasteiger partial charge is 0.326 e. The Hall–Kier alpha value is -2.35. The highest BCUT2D eigenvalue weighted by molar-refractivity contribution is 7.12. The molecule has 0 unspecified atom stereocenters. The third-order valence-corrected chi connectivity index (χ3v) is 3.52. The number of imidazole rings is 1. The van der Waals surface area contributed by atoms with Crippen LogP contribution in [0.4, 0.5) is 0 Å². The molecule has 0 aliphatic heterocycles. The van der Waals surface area contributed by atoms with Gasteiger partial charge in [0.2, 0.25) is 0 Å². The van der Waals surface area contributed by atoms with Crippen molar-refractivity contribution in [1.82, 2.24) is 15.3 Å². The second kappa shape index (κ2) is 6.20. The number of nitrogens with zero attached hydrogens (tertiary/aromatic N) is 1. The van der Waals surface area contributed by atoms with Gasteiger partial charge in [-0.25, -0.2) is 9.78 Å². The molecule has 0 fully saturated rings. The fourth-order valence-electron chi connectivity index (χ4n) is 1.59. The fourth-order valence-corrected chi connectivity index (χ4v) is 2.35. The average Bonchev–Trinajstić information content (AvgIpc) is 3.08. The molecule has 0 aliphatic carbocycles. The van der Waals surface area contributed by atoms with E-state index in [1.165, 1.54) is 31.0 Å². The minimum absolute atomic E-state index is 0.142. The Labute approximate surface area is 118 Å². The number of carbonyl (C=O) groups excluding carboxylic acids is 1. The van der Waals surface area contributed by atoms with Crippen molar-refractivity contribution in [1.29, 1.82) is 0 Å². The Morgan fingerprint density at radius 2 is 2.40 bits per heavy atom. The standard InChI is InChI=1S/C12H13N3O4S/c1-19-8-3-10(20-5-8)11(16)15-9(12(17)18)2-7-4-13-6-14-7/h3-6,9H,2H2,1H3,(H,13,14)(H,15,16)(H,17,18)/t9-/m0/s1. The molecule has 1 atom stereocenters. The summed E-state index contributed by atoms with van der Waals surface area (Å²) in [5, 5.41) is 13.3. The zero-order valence-electron chi connectivity index (χ0n) is 10.6. The molecule has 2 aromatic rings. The second-order valence-corrected chi connectivity index (χ2v) is 4.91. The maximum absolute atomic E-state index is 12.0. The number of aliphatic carboxylic acids is 1. The van der Waals surface area contributed by atoms with Crippen molar-refractivity contribution in [3.05, 3.63) is 34.5 Å². The fraction of sp³-hybridized carbons (Fsp3) is 0.250. The Bertz CT molecular complexity index is 594. The monoisotopic (exact) mass is 295 g/mol. The summed E-state index contributed by atoms with van der Waals surface area (Å²) in [6.45, 7) is 0. The van der Waals surface area contributed by atoms with Gasteiger partial charge in [0.05, 0.1) is 18.3 Å². The van der Waals surface area contributed by atoms with Crippen LogP contribution in [0.1, 0.15) is 15.4 Å². The van der Waals surface area contributed by atoms with Crippen LogP contribution in [0, 0.1) is 0 Å². The van der Waals surface area contributed by atoms with Gasteiger partial charge in [-0.05, 0) is 0 Å². The van der Waals surface area contributed by atoms with Crippen LogP contribution in [-0.4, -0.2) is 40.1 Å². The molecule has 7 nitrogen and oxygen atoms in total. The summed E-state index contributed by atoms with van der Waals surface area (Å²) in [5.41, 5.74) is 0.640. The quantitative estimate of drug-likeness (QED) is 0.734. The van der Waals surface area contributed by atoms with E-state index in [0.717, 1.165) is 0 Å². The SMILES string of the molecule is COc1csc(C(=O)N[C@@H](Cc2cnc[nH]2)C(=O)O)c1. The van der Waals surface area contributed by atoms with Gasteiger partial charge in [0, 0.05) is 29.8 Å². The number of H-pyrrole nitrogens is 1. The molecule has 0 bridgehead atoms. The number of carbonyl (C=O) groups is 2. The van der Waals surface area contributed by atoms with E-state index in [9.17, 15) is 9.59 Å². The summed E-state index contributed by atoms with van der Waals surface area (Å²) in [6, 6.07) is 0.547. The molecule has 2 heterocycles. The molecule has 106 valence electrons. The molecule has 0 saturated carbocycles. The van der Waals surface area contributed by atoms with Crippen LogP contribution >= 0.6 is 11.3 Å². The molecule has 3 N–H and O–H groups in total. The average molecular weight is 295 g/mol. The van der Waals surface area contributed by atoms with E-state index in [-0.39, 0.29) is 6.42 Å². The van der Waals surface area contributed by atoms with E-state index in [0.29, 0.717) is 16.3 Å². The molecule has 0 radical (unpaired) electrons. The number of rotatable bonds is 6. The lowest BCUT2D eigenvalue weighted by Gasteiger charge is -2.12. The summed E-state index contributed by atoms with van der Waals surface area (Å²) in [4.78, 5) is 30.2. The van der Waals surface area contributed by atoms with Crippen LogP contribution in [0.5, 0.6) is 5.75 Å². The minimum Gasteiger partial charge on any atom is -0.496 e. The number of carboxylic acid groups (broad SMARTS) is 1. The van der Waals surface area contributed by atoms with E-state index < -0.39 is 17.9 Å². The first-order chi connectivity index (χ1) is 9.60. The maximum atomic E-state index is 12.0. The summed E-state index contributed by atoms with van der Waals surface area (Å²) >= 11 is 1.19. The molecule has 1 amide bonds. The van der Waals surface area contributed by atoms with E-state index in [1.807, 2.05) is 0 Å². The van der Waals surface area contributed by atoms with Crippen LogP contribution in [-0.2, 0) is 11.2 Å². The molecule has 20 heavy (non-hydrogen) atoms. The first kappa shape index (κ1) is 14.1. The van der Waals surface area contributed by atoms with Crippen molar-refractivity contribution in [2.45, 2.75) is 12.5 Å². The van der Waals surface area contributed by atoms with Gasteiger partial charge >= 0.3 is 5.97 Å². The van der Waals surface area contributed by atoms with Gasteiger partial charge in [-0.3, -0.25) is 4.79 Å². The lowest BCUT2D eigenvalue weighted by atomic mass is 10.1. The van der Waals surface area contributed by atoms with E-state index in [1.54, 1.807) is 11.4 Å². The number of nitrogens with one attached hydrogen (secondary N) is 2. The van der Waals surface area contributed by atoms with E-state index in [4.69, 9.17) is 9.84 Å². The molecular weight excluding hydrogens is 282 g/mol. The van der Waals surface area contributed by atoms with Crippen molar-refractivity contribution in [3.8, 4) is 5.75 Å². The maximum Gasteiger partial charge on any atom is 0.326 e. The van der Waals surface area contributed by atoms with Gasteiger partial charge in [-0.1, -0.05) is 0 Å². The molecule has 0 spiro atoms. The second-order valence-electron chi connectivity index (χ2n) is 4.00. The normalized spacial score (nSPS) is 11.8. The van der Waals surface area contributed by atoms with Gasteiger partial charge in [0.15, 0.2) is 0 Å². The Morgan fingerprint density at radius 1 is 1.60 bits per heavy atom. The van der Waals surface area contributed by atoms with Gasteiger partial charge in [0.25, 0.3) is 5.91 Å². The molecule has 0 aliphatic rings. The Balaban J connectivity index is 2.04.